The molecule has 2 nitrogen and oxygen atoms in total. The van der Waals surface area contributed by atoms with Crippen molar-refractivity contribution < 1.29 is 4.79 Å². The third-order valence-electron chi connectivity index (χ3n) is 5.12. The van der Waals surface area contributed by atoms with E-state index in [9.17, 15) is 4.79 Å². The van der Waals surface area contributed by atoms with Crippen LogP contribution in [0.3, 0.4) is 0 Å². The molecule has 26 heavy (non-hydrogen) atoms. The normalized spacial score (nSPS) is 12.4. The first-order valence-corrected chi connectivity index (χ1v) is 18.1. The summed E-state index contributed by atoms with van der Waals surface area (Å²) >= 11 is 9.35. The molecule has 1 rings (SSSR count). The minimum absolute atomic E-state index is 0.227. The summed E-state index contributed by atoms with van der Waals surface area (Å²) in [7, 11) is 0. The predicted octanol–water partition coefficient (Wildman–Crippen LogP) is 7.25. The molecule has 0 spiro atoms. The molecule has 0 aliphatic rings. The van der Waals surface area contributed by atoms with Gasteiger partial charge < -0.3 is 0 Å². The van der Waals surface area contributed by atoms with Gasteiger partial charge in [0.15, 0.2) is 0 Å². The third-order valence-corrected chi connectivity index (χ3v) is 21.5. The molecule has 1 aromatic rings. The zero-order valence-corrected chi connectivity index (χ0v) is 20.8. The van der Waals surface area contributed by atoms with Crippen LogP contribution in [0.1, 0.15) is 64.9 Å². The molecule has 146 valence electrons. The van der Waals surface area contributed by atoms with Crippen LogP contribution in [-0.4, -0.2) is 24.3 Å². The van der Waals surface area contributed by atoms with Gasteiger partial charge in [0.1, 0.15) is 0 Å². The summed E-state index contributed by atoms with van der Waals surface area (Å²) in [5.41, 5.74) is 6.87. The Morgan fingerprint density at radius 2 is 1.46 bits per heavy atom. The molecule has 0 heterocycles. The standard InChI is InChI=1S/C9H6Cl2NO.3C4H9.Sn/c10-7-3-1-6(5-8(7)11)2-4-9(12)13;3*1-3-4-2;/h1-3,5H,(H2,12,13);3*1,3-4H2,2H3;. The van der Waals surface area contributed by atoms with Crippen molar-refractivity contribution >= 4 is 53.6 Å². The summed E-state index contributed by atoms with van der Waals surface area (Å²) in [5.74, 6) is -0.227. The van der Waals surface area contributed by atoms with Gasteiger partial charge in [-0.3, -0.25) is 0 Å². The quantitative estimate of drug-likeness (QED) is 0.236. The summed E-state index contributed by atoms with van der Waals surface area (Å²) in [6.07, 6.45) is 9.09. The van der Waals surface area contributed by atoms with Gasteiger partial charge in [-0.25, -0.2) is 0 Å². The maximum absolute atomic E-state index is 12.5. The number of carbonyl (C=O) groups excluding carboxylic acids is 1. The summed E-state index contributed by atoms with van der Waals surface area (Å²) in [4.78, 5) is 12.5. The second-order valence-electron chi connectivity index (χ2n) is 7.19. The van der Waals surface area contributed by atoms with E-state index >= 15 is 0 Å². The predicted molar refractivity (Wildman–Crippen MR) is 119 cm³/mol. The van der Waals surface area contributed by atoms with Crippen LogP contribution in [0.2, 0.25) is 23.4 Å². The van der Waals surface area contributed by atoms with Gasteiger partial charge in [-0.2, -0.15) is 0 Å². The number of rotatable bonds is 12. The van der Waals surface area contributed by atoms with Crippen molar-refractivity contribution in [3.63, 3.8) is 0 Å². The van der Waals surface area contributed by atoms with Gasteiger partial charge >= 0.3 is 174 Å². The van der Waals surface area contributed by atoms with E-state index in [-0.39, 0.29) is 5.91 Å². The van der Waals surface area contributed by atoms with Crippen LogP contribution >= 0.6 is 23.2 Å². The summed E-state index contributed by atoms with van der Waals surface area (Å²) in [5, 5.41) is 1.04. The van der Waals surface area contributed by atoms with E-state index in [1.165, 1.54) is 32.6 Å². The van der Waals surface area contributed by atoms with Crippen molar-refractivity contribution in [3.8, 4) is 0 Å². The van der Waals surface area contributed by atoms with E-state index in [1.54, 1.807) is 6.07 Å². The third kappa shape index (κ3) is 7.09. The van der Waals surface area contributed by atoms with E-state index in [1.807, 2.05) is 18.2 Å². The van der Waals surface area contributed by atoms with E-state index in [0.29, 0.717) is 10.0 Å². The van der Waals surface area contributed by atoms with Crippen molar-refractivity contribution in [1.82, 2.24) is 0 Å². The molecule has 1 amide bonds. The number of unbranched alkanes of at least 4 members (excludes halogenated alkanes) is 3. The Labute approximate surface area is 173 Å². The zero-order chi connectivity index (χ0) is 19.6. The van der Waals surface area contributed by atoms with Crippen molar-refractivity contribution in [2.75, 3.05) is 0 Å². The van der Waals surface area contributed by atoms with Crippen LogP contribution in [0.5, 0.6) is 0 Å². The van der Waals surface area contributed by atoms with E-state index in [2.05, 4.69) is 20.8 Å². The van der Waals surface area contributed by atoms with Gasteiger partial charge in [0, 0.05) is 0 Å². The number of hydrogen-bond acceptors (Lipinski definition) is 1. The molecule has 2 N–H and O–H groups in total. The van der Waals surface area contributed by atoms with Crippen LogP contribution in [0.25, 0.3) is 6.08 Å². The molecule has 0 bridgehead atoms. The summed E-state index contributed by atoms with van der Waals surface area (Å²) < 4.78 is 4.58. The molecule has 0 saturated carbocycles. The van der Waals surface area contributed by atoms with Gasteiger partial charge in [-0.05, 0) is 0 Å². The van der Waals surface area contributed by atoms with Crippen LogP contribution in [-0.2, 0) is 4.79 Å². The Kier molecular flexibility index (Phi) is 11.3. The van der Waals surface area contributed by atoms with Crippen LogP contribution in [0.4, 0.5) is 0 Å². The average Bonchev–Trinajstić information content (AvgIpc) is 2.62. The van der Waals surface area contributed by atoms with Crippen LogP contribution < -0.4 is 5.73 Å². The van der Waals surface area contributed by atoms with E-state index in [0.717, 1.165) is 28.4 Å². The number of carbonyl (C=O) groups is 1. The molecule has 0 unspecified atom stereocenters. The molecule has 0 aliphatic carbocycles. The molecular formula is C21H33Cl2NOSn. The van der Waals surface area contributed by atoms with Crippen molar-refractivity contribution in [2.45, 2.75) is 72.6 Å². The molecule has 1 aromatic carbocycles. The van der Waals surface area contributed by atoms with Gasteiger partial charge in [-0.15, -0.1) is 0 Å². The van der Waals surface area contributed by atoms with Gasteiger partial charge in [-0.1, -0.05) is 0 Å². The average molecular weight is 505 g/mol. The Morgan fingerprint density at radius 1 is 0.962 bits per heavy atom. The fourth-order valence-electron chi connectivity index (χ4n) is 3.58. The SMILES string of the molecule is CCC[CH2][Sn]([CH2]CCC)([CH2]CCC)/[C](=C/c1ccc(Cl)c(Cl)c1)C(N)=O. The van der Waals surface area contributed by atoms with Crippen LogP contribution in [0, 0.1) is 0 Å². The number of halogens is 2. The second-order valence-corrected chi connectivity index (χ2v) is 21.1. The van der Waals surface area contributed by atoms with E-state index < -0.39 is 18.4 Å². The fraction of sp³-hybridized carbons (Fsp3) is 0.571. The van der Waals surface area contributed by atoms with Crippen molar-refractivity contribution in [1.29, 1.82) is 0 Å². The Bertz CT molecular complexity index is 594. The van der Waals surface area contributed by atoms with Gasteiger partial charge in [0.25, 0.3) is 0 Å². The topological polar surface area (TPSA) is 43.1 Å². The molecule has 0 radical (unpaired) electrons. The van der Waals surface area contributed by atoms with Crippen molar-refractivity contribution in [3.05, 3.63) is 37.4 Å². The van der Waals surface area contributed by atoms with Gasteiger partial charge in [0.05, 0.1) is 0 Å². The Morgan fingerprint density at radius 3 is 1.85 bits per heavy atom. The molecule has 0 atom stereocenters. The zero-order valence-electron chi connectivity index (χ0n) is 16.4. The number of hydrogen-bond donors (Lipinski definition) is 1. The maximum atomic E-state index is 12.5. The summed E-state index contributed by atoms with van der Waals surface area (Å²) in [6, 6.07) is 5.55. The first-order valence-electron chi connectivity index (χ1n) is 9.87. The van der Waals surface area contributed by atoms with Crippen LogP contribution in [0.15, 0.2) is 21.8 Å². The molecule has 5 heteroatoms. The monoisotopic (exact) mass is 505 g/mol. The molecule has 0 aliphatic heterocycles. The molecule has 0 saturated heterocycles. The molecular weight excluding hydrogens is 472 g/mol. The first-order chi connectivity index (χ1) is 12.4. The van der Waals surface area contributed by atoms with E-state index in [4.69, 9.17) is 28.9 Å². The minimum atomic E-state index is -2.88. The first kappa shape index (κ1) is 23.8. The number of amides is 1. The Balaban J connectivity index is 3.41. The molecule has 0 aromatic heterocycles. The van der Waals surface area contributed by atoms with Gasteiger partial charge in [0.2, 0.25) is 0 Å². The fourth-order valence-corrected chi connectivity index (χ4v) is 20.0. The van der Waals surface area contributed by atoms with Crippen molar-refractivity contribution in [2.24, 2.45) is 5.73 Å². The number of nitrogens with two attached hydrogens (primary N) is 1. The second kappa shape index (κ2) is 12.3. The molecule has 0 fully saturated rings. The number of primary amides is 1. The Hall–Kier alpha value is -0.191. The summed E-state index contributed by atoms with van der Waals surface area (Å²) in [6.45, 7) is 6.68. The number of benzene rings is 1.